The average molecular weight is 255 g/mol. The number of furan rings is 1. The van der Waals surface area contributed by atoms with E-state index in [0.29, 0.717) is 11.4 Å². The second-order valence-electron chi connectivity index (χ2n) is 4.02. The van der Waals surface area contributed by atoms with Crippen molar-refractivity contribution in [1.29, 1.82) is 0 Å². The van der Waals surface area contributed by atoms with Gasteiger partial charge in [-0.15, -0.1) is 6.42 Å². The van der Waals surface area contributed by atoms with Crippen LogP contribution in [0.2, 0.25) is 0 Å². The Hall–Kier alpha value is -2.67. The van der Waals surface area contributed by atoms with Crippen LogP contribution >= 0.6 is 0 Å². The smallest absolute Gasteiger partial charge is 0.375 e. The first-order valence-electron chi connectivity index (χ1n) is 5.68. The Morgan fingerprint density at radius 3 is 2.89 bits per heavy atom. The molecule has 4 nitrogen and oxygen atoms in total. The molecule has 0 radical (unpaired) electrons. The van der Waals surface area contributed by atoms with Crippen molar-refractivity contribution in [3.63, 3.8) is 0 Å². The number of esters is 1. The molecule has 0 aliphatic heterocycles. The highest BCUT2D eigenvalue weighted by atomic mass is 16.5. The molecule has 0 bridgehead atoms. The number of terminal acetylenes is 1. The van der Waals surface area contributed by atoms with E-state index in [1.807, 2.05) is 19.1 Å². The first-order chi connectivity index (χ1) is 9.11. The number of hydrogen-bond acceptors (Lipinski definition) is 4. The quantitative estimate of drug-likeness (QED) is 0.520. The lowest BCUT2D eigenvalue weighted by molar-refractivity contribution is 0.0521. The molecule has 2 aromatic rings. The van der Waals surface area contributed by atoms with Crippen molar-refractivity contribution in [2.45, 2.75) is 6.92 Å². The Labute approximate surface area is 111 Å². The molecule has 96 valence electrons. The predicted molar refractivity (Wildman–Crippen MR) is 72.4 cm³/mol. The summed E-state index contributed by atoms with van der Waals surface area (Å²) in [6, 6.07) is 8.80. The largest absolute Gasteiger partial charge is 0.449 e. The van der Waals surface area contributed by atoms with Crippen LogP contribution in [0.25, 0.3) is 11.3 Å². The Morgan fingerprint density at radius 1 is 1.42 bits per heavy atom. The van der Waals surface area contributed by atoms with Gasteiger partial charge in [0.15, 0.2) is 6.61 Å². The maximum atomic E-state index is 11.5. The fourth-order valence-electron chi connectivity index (χ4n) is 1.57. The number of ether oxygens (including phenoxy) is 1. The molecule has 0 amide bonds. The zero-order chi connectivity index (χ0) is 13.8. The summed E-state index contributed by atoms with van der Waals surface area (Å²) in [6.45, 7) is 1.84. The van der Waals surface area contributed by atoms with Crippen molar-refractivity contribution in [2.24, 2.45) is 0 Å². The highest BCUT2D eigenvalue weighted by Gasteiger charge is 2.13. The number of nitrogens with two attached hydrogens (primary N) is 1. The molecule has 19 heavy (non-hydrogen) atoms. The Kier molecular flexibility index (Phi) is 3.58. The Morgan fingerprint density at radius 2 is 2.21 bits per heavy atom. The fraction of sp³-hybridized carbons (Fsp3) is 0.133. The van der Waals surface area contributed by atoms with Gasteiger partial charge in [0.25, 0.3) is 0 Å². The second-order valence-corrected chi connectivity index (χ2v) is 4.02. The zero-order valence-electron chi connectivity index (χ0n) is 10.5. The third kappa shape index (κ3) is 2.78. The Balaban J connectivity index is 2.23. The number of nitrogen functional groups attached to an aromatic ring is 1. The monoisotopic (exact) mass is 255 g/mol. The van der Waals surface area contributed by atoms with Gasteiger partial charge >= 0.3 is 5.97 Å². The number of anilines is 1. The summed E-state index contributed by atoms with van der Waals surface area (Å²) in [6.07, 6.45) is 5.01. The van der Waals surface area contributed by atoms with E-state index in [1.165, 1.54) is 0 Å². The van der Waals surface area contributed by atoms with Gasteiger partial charge in [-0.2, -0.15) is 0 Å². The van der Waals surface area contributed by atoms with Crippen LogP contribution in [0.4, 0.5) is 5.69 Å². The SMILES string of the molecule is C#CCOC(=O)c1ccc(-c2ccc(C)c(N)c2)o1. The van der Waals surface area contributed by atoms with Crippen LogP contribution in [-0.4, -0.2) is 12.6 Å². The maximum Gasteiger partial charge on any atom is 0.375 e. The molecule has 1 aromatic heterocycles. The lowest BCUT2D eigenvalue weighted by Crippen LogP contribution is -2.03. The topological polar surface area (TPSA) is 65.5 Å². The number of rotatable bonds is 3. The van der Waals surface area contributed by atoms with Gasteiger partial charge in [0.05, 0.1) is 0 Å². The standard InChI is InChI=1S/C15H13NO3/c1-3-8-18-15(17)14-7-6-13(19-14)11-5-4-10(2)12(16)9-11/h1,4-7,9H,8,16H2,2H3. The van der Waals surface area contributed by atoms with Gasteiger partial charge in [-0.25, -0.2) is 4.79 Å². The molecule has 1 heterocycles. The van der Waals surface area contributed by atoms with Crippen LogP contribution in [0, 0.1) is 19.3 Å². The minimum Gasteiger partial charge on any atom is -0.449 e. The molecule has 4 heteroatoms. The fourth-order valence-corrected chi connectivity index (χ4v) is 1.57. The number of hydrogen-bond donors (Lipinski definition) is 1. The molecule has 0 atom stereocenters. The van der Waals surface area contributed by atoms with Gasteiger partial charge in [-0.05, 0) is 30.7 Å². The summed E-state index contributed by atoms with van der Waals surface area (Å²) in [5.74, 6) is 2.31. The predicted octanol–water partition coefficient (Wildman–Crippen LogP) is 2.63. The van der Waals surface area contributed by atoms with Gasteiger partial charge in [-0.3, -0.25) is 0 Å². The van der Waals surface area contributed by atoms with E-state index < -0.39 is 5.97 Å². The van der Waals surface area contributed by atoms with Crippen molar-refractivity contribution in [3.05, 3.63) is 41.7 Å². The number of benzene rings is 1. The second kappa shape index (κ2) is 5.32. The average Bonchev–Trinajstić information content (AvgIpc) is 2.89. The molecule has 0 saturated heterocycles. The van der Waals surface area contributed by atoms with Crippen LogP contribution in [0.5, 0.6) is 0 Å². The summed E-state index contributed by atoms with van der Waals surface area (Å²) in [7, 11) is 0. The van der Waals surface area contributed by atoms with Crippen molar-refractivity contribution in [2.75, 3.05) is 12.3 Å². The summed E-state index contributed by atoms with van der Waals surface area (Å²) in [5.41, 5.74) is 8.30. The van der Waals surface area contributed by atoms with Gasteiger partial charge < -0.3 is 14.9 Å². The molecular formula is C15H13NO3. The highest BCUT2D eigenvalue weighted by molar-refractivity contribution is 5.87. The molecule has 0 aliphatic carbocycles. The third-order valence-electron chi connectivity index (χ3n) is 2.66. The van der Waals surface area contributed by atoms with Crippen LogP contribution in [0.1, 0.15) is 16.1 Å². The van der Waals surface area contributed by atoms with E-state index >= 15 is 0 Å². The van der Waals surface area contributed by atoms with Crippen molar-refractivity contribution >= 4 is 11.7 Å². The molecule has 0 saturated carbocycles. The van der Waals surface area contributed by atoms with E-state index in [2.05, 4.69) is 5.92 Å². The van der Waals surface area contributed by atoms with Crippen LogP contribution < -0.4 is 5.73 Å². The van der Waals surface area contributed by atoms with Gasteiger partial charge in [0, 0.05) is 11.3 Å². The molecule has 0 fully saturated rings. The zero-order valence-corrected chi connectivity index (χ0v) is 10.5. The van der Waals surface area contributed by atoms with E-state index in [9.17, 15) is 4.79 Å². The third-order valence-corrected chi connectivity index (χ3v) is 2.66. The van der Waals surface area contributed by atoms with E-state index in [-0.39, 0.29) is 12.4 Å². The van der Waals surface area contributed by atoms with Crippen LogP contribution in [0.15, 0.2) is 34.7 Å². The minimum absolute atomic E-state index is 0.0770. The summed E-state index contributed by atoms with van der Waals surface area (Å²) in [5, 5.41) is 0. The molecule has 1 aromatic carbocycles. The number of aryl methyl sites for hydroxylation is 1. The van der Waals surface area contributed by atoms with Crippen molar-refractivity contribution < 1.29 is 13.9 Å². The van der Waals surface area contributed by atoms with Crippen molar-refractivity contribution in [3.8, 4) is 23.7 Å². The van der Waals surface area contributed by atoms with Gasteiger partial charge in [0.1, 0.15) is 5.76 Å². The molecule has 2 N–H and O–H groups in total. The van der Waals surface area contributed by atoms with Gasteiger partial charge in [0.2, 0.25) is 5.76 Å². The summed E-state index contributed by atoms with van der Waals surface area (Å²) in [4.78, 5) is 11.5. The van der Waals surface area contributed by atoms with E-state index in [0.717, 1.165) is 11.1 Å². The Bertz CT molecular complexity index is 650. The van der Waals surface area contributed by atoms with Crippen molar-refractivity contribution in [1.82, 2.24) is 0 Å². The normalized spacial score (nSPS) is 9.89. The first kappa shape index (κ1) is 12.8. The summed E-state index contributed by atoms with van der Waals surface area (Å²) < 4.78 is 10.2. The molecular weight excluding hydrogens is 242 g/mol. The first-order valence-corrected chi connectivity index (χ1v) is 5.68. The maximum absolute atomic E-state index is 11.5. The molecule has 0 spiro atoms. The van der Waals surface area contributed by atoms with E-state index in [1.54, 1.807) is 18.2 Å². The highest BCUT2D eigenvalue weighted by Crippen LogP contribution is 2.25. The lowest BCUT2D eigenvalue weighted by Gasteiger charge is -2.02. The van der Waals surface area contributed by atoms with Crippen LogP contribution in [-0.2, 0) is 4.74 Å². The lowest BCUT2D eigenvalue weighted by atomic mass is 10.1. The molecule has 0 aliphatic rings. The molecule has 0 unspecified atom stereocenters. The number of carbonyl (C=O) groups is 1. The molecule has 2 rings (SSSR count). The summed E-state index contributed by atoms with van der Waals surface area (Å²) >= 11 is 0. The van der Waals surface area contributed by atoms with E-state index in [4.69, 9.17) is 21.3 Å². The van der Waals surface area contributed by atoms with Gasteiger partial charge in [-0.1, -0.05) is 18.1 Å². The van der Waals surface area contributed by atoms with Crippen LogP contribution in [0.3, 0.4) is 0 Å². The minimum atomic E-state index is -0.579. The number of carbonyl (C=O) groups excluding carboxylic acids is 1.